The van der Waals surface area contributed by atoms with Crippen LogP contribution in [0.15, 0.2) is 0 Å². The number of nitrogens with one attached hydrogen (secondary N) is 2. The number of alkyl carbamates (subject to hydrolysis) is 1. The number of carbonyl (C=O) groups excluding carboxylic acids is 1. The second kappa shape index (κ2) is 9.96. The van der Waals surface area contributed by atoms with Gasteiger partial charge < -0.3 is 24.8 Å². The molecule has 0 saturated heterocycles. The van der Waals surface area contributed by atoms with Gasteiger partial charge in [-0.3, -0.25) is 0 Å². The monoisotopic (exact) mass is 290 g/mol. The molecule has 0 aromatic carbocycles. The molecule has 0 aliphatic heterocycles. The zero-order valence-electron chi connectivity index (χ0n) is 13.6. The minimum Gasteiger partial charge on any atom is -0.442 e. The smallest absolute Gasteiger partial charge is 0.407 e. The van der Waals surface area contributed by atoms with E-state index in [1.54, 1.807) is 7.11 Å². The zero-order chi connectivity index (χ0) is 15.6. The number of ether oxygens (including phenoxy) is 3. The summed E-state index contributed by atoms with van der Waals surface area (Å²) in [7, 11) is 1.62. The lowest BCUT2D eigenvalue weighted by atomic mass is 10.1. The van der Waals surface area contributed by atoms with Gasteiger partial charge >= 0.3 is 6.09 Å². The molecule has 0 fully saturated rings. The van der Waals surface area contributed by atoms with Crippen LogP contribution in [0.25, 0.3) is 0 Å². The minimum absolute atomic E-state index is 0.315. The highest BCUT2D eigenvalue weighted by Crippen LogP contribution is 2.01. The summed E-state index contributed by atoms with van der Waals surface area (Å²) >= 11 is 0. The van der Waals surface area contributed by atoms with E-state index in [-0.39, 0.29) is 11.6 Å². The largest absolute Gasteiger partial charge is 0.442 e. The van der Waals surface area contributed by atoms with Crippen LogP contribution >= 0.6 is 0 Å². The van der Waals surface area contributed by atoms with Gasteiger partial charge in [-0.15, -0.1) is 0 Å². The molecule has 0 rings (SSSR count). The van der Waals surface area contributed by atoms with Gasteiger partial charge in [-0.1, -0.05) is 13.8 Å². The van der Waals surface area contributed by atoms with Crippen molar-refractivity contribution in [2.24, 2.45) is 0 Å². The van der Waals surface area contributed by atoms with Crippen LogP contribution in [0.2, 0.25) is 0 Å². The first kappa shape index (κ1) is 19.1. The van der Waals surface area contributed by atoms with Gasteiger partial charge in [0.1, 0.15) is 6.10 Å². The van der Waals surface area contributed by atoms with Crippen molar-refractivity contribution in [3.8, 4) is 0 Å². The fourth-order valence-electron chi connectivity index (χ4n) is 1.35. The SMILES string of the molecule is COCCOC[C@@H](CNC(C)C)OC(=O)NC(C)(C)C. The lowest BCUT2D eigenvalue weighted by Gasteiger charge is -2.24. The van der Waals surface area contributed by atoms with E-state index in [1.165, 1.54) is 0 Å². The lowest BCUT2D eigenvalue weighted by molar-refractivity contribution is 0.00128. The van der Waals surface area contributed by atoms with Crippen molar-refractivity contribution in [3.05, 3.63) is 0 Å². The summed E-state index contributed by atoms with van der Waals surface area (Å²) in [6.07, 6.45) is -0.750. The third kappa shape index (κ3) is 12.2. The van der Waals surface area contributed by atoms with Crippen LogP contribution in [-0.4, -0.2) is 57.3 Å². The lowest BCUT2D eigenvalue weighted by Crippen LogP contribution is -2.45. The van der Waals surface area contributed by atoms with Crippen LogP contribution in [0, 0.1) is 0 Å². The van der Waals surface area contributed by atoms with E-state index < -0.39 is 6.09 Å². The topological polar surface area (TPSA) is 68.8 Å². The summed E-state index contributed by atoms with van der Waals surface area (Å²) in [5, 5.41) is 6.01. The van der Waals surface area contributed by atoms with E-state index in [1.807, 2.05) is 34.6 Å². The minimum atomic E-state index is -0.427. The highest BCUT2D eigenvalue weighted by molar-refractivity contribution is 5.68. The Morgan fingerprint density at radius 3 is 2.35 bits per heavy atom. The Morgan fingerprint density at radius 2 is 1.85 bits per heavy atom. The molecule has 2 N–H and O–H groups in total. The Morgan fingerprint density at radius 1 is 1.20 bits per heavy atom. The van der Waals surface area contributed by atoms with Gasteiger partial charge in [-0.05, 0) is 20.8 Å². The van der Waals surface area contributed by atoms with Gasteiger partial charge in [-0.2, -0.15) is 0 Å². The van der Waals surface area contributed by atoms with E-state index in [0.29, 0.717) is 32.4 Å². The zero-order valence-corrected chi connectivity index (χ0v) is 13.6. The Labute approximate surface area is 122 Å². The number of amides is 1. The van der Waals surface area contributed by atoms with Crippen LogP contribution in [0.4, 0.5) is 4.79 Å². The van der Waals surface area contributed by atoms with Gasteiger partial charge in [0, 0.05) is 25.2 Å². The Hall–Kier alpha value is -0.850. The number of carbonyl (C=O) groups is 1. The molecular formula is C14H30N2O4. The molecule has 0 bridgehead atoms. The first-order chi connectivity index (χ1) is 9.24. The Bertz CT molecular complexity index is 264. The van der Waals surface area contributed by atoms with Crippen molar-refractivity contribution in [1.82, 2.24) is 10.6 Å². The second-order valence-corrected chi connectivity index (χ2v) is 6.03. The first-order valence-electron chi connectivity index (χ1n) is 7.03. The van der Waals surface area contributed by atoms with Crippen LogP contribution in [0.3, 0.4) is 0 Å². The van der Waals surface area contributed by atoms with E-state index in [2.05, 4.69) is 10.6 Å². The van der Waals surface area contributed by atoms with Gasteiger partial charge in [0.05, 0.1) is 19.8 Å². The summed E-state index contributed by atoms with van der Waals surface area (Å²) < 4.78 is 15.7. The standard InChI is InChI=1S/C14H30N2O4/c1-11(2)15-9-12(10-19-8-7-18-6)20-13(17)16-14(3,4)5/h11-12,15H,7-10H2,1-6H3,(H,16,17)/t12-/m1/s1. The molecule has 1 atom stereocenters. The normalized spacial score (nSPS) is 13.3. The van der Waals surface area contributed by atoms with Crippen molar-refractivity contribution in [2.45, 2.75) is 52.3 Å². The maximum atomic E-state index is 11.8. The summed E-state index contributed by atoms with van der Waals surface area (Å²) in [5.41, 5.74) is -0.315. The molecule has 1 amide bonds. The molecule has 120 valence electrons. The maximum absolute atomic E-state index is 11.8. The van der Waals surface area contributed by atoms with E-state index in [4.69, 9.17) is 14.2 Å². The third-order valence-corrected chi connectivity index (χ3v) is 2.24. The van der Waals surface area contributed by atoms with Crippen LogP contribution in [0.5, 0.6) is 0 Å². The summed E-state index contributed by atoms with van der Waals surface area (Å²) in [6.45, 7) is 11.7. The van der Waals surface area contributed by atoms with Crippen molar-refractivity contribution < 1.29 is 19.0 Å². The molecule has 0 aromatic rings. The summed E-state index contributed by atoms with van der Waals surface area (Å²) in [6, 6.07) is 0.325. The highest BCUT2D eigenvalue weighted by Gasteiger charge is 2.19. The molecule has 0 unspecified atom stereocenters. The Balaban J connectivity index is 4.18. The number of hydrogen-bond acceptors (Lipinski definition) is 5. The molecule has 0 aliphatic carbocycles. The summed E-state index contributed by atoms with van der Waals surface area (Å²) in [5.74, 6) is 0. The summed E-state index contributed by atoms with van der Waals surface area (Å²) in [4.78, 5) is 11.8. The predicted molar refractivity (Wildman–Crippen MR) is 79.0 cm³/mol. The molecule has 0 spiro atoms. The van der Waals surface area contributed by atoms with Crippen LogP contribution < -0.4 is 10.6 Å². The van der Waals surface area contributed by atoms with Crippen molar-refractivity contribution >= 4 is 6.09 Å². The van der Waals surface area contributed by atoms with E-state index in [9.17, 15) is 4.79 Å². The van der Waals surface area contributed by atoms with E-state index >= 15 is 0 Å². The molecule has 0 heterocycles. The van der Waals surface area contributed by atoms with Crippen molar-refractivity contribution in [1.29, 1.82) is 0 Å². The van der Waals surface area contributed by atoms with Gasteiger partial charge in [0.2, 0.25) is 0 Å². The van der Waals surface area contributed by atoms with Crippen LogP contribution in [0.1, 0.15) is 34.6 Å². The van der Waals surface area contributed by atoms with Gasteiger partial charge in [0.25, 0.3) is 0 Å². The van der Waals surface area contributed by atoms with Crippen molar-refractivity contribution in [2.75, 3.05) is 33.5 Å². The fraction of sp³-hybridized carbons (Fsp3) is 0.929. The number of hydrogen-bond donors (Lipinski definition) is 2. The second-order valence-electron chi connectivity index (χ2n) is 6.03. The maximum Gasteiger partial charge on any atom is 0.407 e. The highest BCUT2D eigenvalue weighted by atomic mass is 16.6. The van der Waals surface area contributed by atoms with Gasteiger partial charge in [0.15, 0.2) is 0 Å². The Kier molecular flexibility index (Phi) is 9.54. The third-order valence-electron chi connectivity index (χ3n) is 2.24. The molecule has 6 heteroatoms. The average molecular weight is 290 g/mol. The molecular weight excluding hydrogens is 260 g/mol. The molecule has 0 saturated carbocycles. The van der Waals surface area contributed by atoms with E-state index in [0.717, 1.165) is 0 Å². The molecule has 0 aliphatic rings. The number of methoxy groups -OCH3 is 1. The fourth-order valence-corrected chi connectivity index (χ4v) is 1.35. The molecule has 0 radical (unpaired) electrons. The molecule has 0 aromatic heterocycles. The van der Waals surface area contributed by atoms with Gasteiger partial charge in [-0.25, -0.2) is 4.79 Å². The first-order valence-corrected chi connectivity index (χ1v) is 7.03. The number of rotatable bonds is 9. The predicted octanol–water partition coefficient (Wildman–Crippen LogP) is 1.54. The van der Waals surface area contributed by atoms with Crippen molar-refractivity contribution in [3.63, 3.8) is 0 Å². The molecule has 6 nitrogen and oxygen atoms in total. The quantitative estimate of drug-likeness (QED) is 0.630. The average Bonchev–Trinajstić information content (AvgIpc) is 2.28. The molecule has 20 heavy (non-hydrogen) atoms. The van der Waals surface area contributed by atoms with Crippen LogP contribution in [-0.2, 0) is 14.2 Å².